The molecule has 0 aliphatic carbocycles. The molecule has 238 valence electrons. The Bertz CT molecular complexity index is 3150. The van der Waals surface area contributed by atoms with Crippen molar-refractivity contribution < 1.29 is 4.42 Å². The molecule has 0 aliphatic heterocycles. The normalized spacial score (nSPS) is 11.9. The van der Waals surface area contributed by atoms with Crippen LogP contribution in [0.5, 0.6) is 0 Å². The van der Waals surface area contributed by atoms with Gasteiger partial charge >= 0.3 is 0 Å². The van der Waals surface area contributed by atoms with Crippen LogP contribution in [0.15, 0.2) is 186 Å². The summed E-state index contributed by atoms with van der Waals surface area (Å²) < 4.78 is 8.95. The first-order chi connectivity index (χ1) is 25.3. The number of para-hydroxylation sites is 4. The summed E-state index contributed by atoms with van der Waals surface area (Å²) in [4.78, 5) is 2.49. The van der Waals surface area contributed by atoms with E-state index in [0.717, 1.165) is 50.2 Å². The Morgan fingerprint density at radius 1 is 0.353 bits per heavy atom. The number of rotatable bonds is 4. The van der Waals surface area contributed by atoms with Gasteiger partial charge in [0.1, 0.15) is 11.2 Å². The van der Waals surface area contributed by atoms with Crippen molar-refractivity contribution in [2.24, 2.45) is 0 Å². The van der Waals surface area contributed by atoms with Crippen molar-refractivity contribution in [1.29, 1.82) is 0 Å². The third-order valence-electron chi connectivity index (χ3n) is 10.5. The predicted octanol–water partition coefficient (Wildman–Crippen LogP) is 13.6. The fraction of sp³-hybridized carbons (Fsp3) is 0. The summed E-state index contributed by atoms with van der Waals surface area (Å²) in [6.07, 6.45) is 0. The van der Waals surface area contributed by atoms with E-state index in [1.165, 1.54) is 48.6 Å². The summed E-state index contributed by atoms with van der Waals surface area (Å²) >= 11 is 0. The van der Waals surface area contributed by atoms with Crippen molar-refractivity contribution in [2.75, 3.05) is 4.90 Å². The second kappa shape index (κ2) is 10.8. The smallest absolute Gasteiger partial charge is 0.137 e. The van der Waals surface area contributed by atoms with Crippen LogP contribution in [-0.4, -0.2) is 4.57 Å². The van der Waals surface area contributed by atoms with Gasteiger partial charge < -0.3 is 13.9 Å². The third-order valence-corrected chi connectivity index (χ3v) is 10.5. The molecule has 2 heterocycles. The molecule has 0 saturated carbocycles. The maximum atomic E-state index is 6.52. The third kappa shape index (κ3) is 4.06. The molecule has 11 aromatic rings. The number of anilines is 3. The van der Waals surface area contributed by atoms with E-state index in [4.69, 9.17) is 4.42 Å². The molecule has 3 nitrogen and oxygen atoms in total. The highest BCUT2D eigenvalue weighted by molar-refractivity contribution is 6.24. The largest absolute Gasteiger partial charge is 0.456 e. The first-order valence-corrected chi connectivity index (χ1v) is 17.4. The van der Waals surface area contributed by atoms with Crippen LogP contribution in [0.25, 0.3) is 81.7 Å². The van der Waals surface area contributed by atoms with E-state index in [1.807, 2.05) is 6.07 Å². The van der Waals surface area contributed by atoms with Crippen molar-refractivity contribution in [3.05, 3.63) is 182 Å². The number of fused-ring (bicyclic) bond motifs is 11. The van der Waals surface area contributed by atoms with Crippen molar-refractivity contribution >= 4 is 93.1 Å². The van der Waals surface area contributed by atoms with E-state index in [0.29, 0.717) is 0 Å². The van der Waals surface area contributed by atoms with E-state index in [2.05, 4.69) is 185 Å². The van der Waals surface area contributed by atoms with Gasteiger partial charge in [-0.15, -0.1) is 0 Å². The maximum absolute atomic E-state index is 6.52. The van der Waals surface area contributed by atoms with Gasteiger partial charge in [-0.1, -0.05) is 133 Å². The summed E-state index contributed by atoms with van der Waals surface area (Å²) in [5, 5.41) is 12.0. The Balaban J connectivity index is 1.34. The summed E-state index contributed by atoms with van der Waals surface area (Å²) in [5.41, 5.74) is 8.47. The molecule has 0 radical (unpaired) electrons. The molecular formula is C48H30N2O. The number of hydrogen-bond acceptors (Lipinski definition) is 2. The molecule has 51 heavy (non-hydrogen) atoms. The van der Waals surface area contributed by atoms with Crippen LogP contribution in [0.4, 0.5) is 17.1 Å². The number of aromatic nitrogens is 1. The van der Waals surface area contributed by atoms with Gasteiger partial charge in [-0.25, -0.2) is 0 Å². The molecule has 0 amide bonds. The molecule has 0 saturated heterocycles. The average molecular weight is 651 g/mol. The number of nitrogens with zero attached hydrogens (tertiary/aromatic N) is 2. The molecule has 0 fully saturated rings. The first kappa shape index (κ1) is 28.0. The zero-order valence-electron chi connectivity index (χ0n) is 27.6. The molecule has 2 aromatic heterocycles. The van der Waals surface area contributed by atoms with Crippen molar-refractivity contribution in [2.45, 2.75) is 0 Å². The fourth-order valence-electron chi connectivity index (χ4n) is 8.40. The minimum Gasteiger partial charge on any atom is -0.456 e. The molecule has 0 bridgehead atoms. The predicted molar refractivity (Wildman–Crippen MR) is 215 cm³/mol. The van der Waals surface area contributed by atoms with Crippen LogP contribution in [0.2, 0.25) is 0 Å². The van der Waals surface area contributed by atoms with Crippen LogP contribution in [0, 0.1) is 0 Å². The highest BCUT2D eigenvalue weighted by Gasteiger charge is 2.26. The molecular weight excluding hydrogens is 621 g/mol. The van der Waals surface area contributed by atoms with Gasteiger partial charge in [0.25, 0.3) is 0 Å². The highest BCUT2D eigenvalue weighted by Crippen LogP contribution is 2.49. The van der Waals surface area contributed by atoms with Gasteiger partial charge in [-0.05, 0) is 75.5 Å². The molecule has 0 spiro atoms. The molecule has 9 aromatic carbocycles. The lowest BCUT2D eigenvalue weighted by atomic mass is 9.95. The van der Waals surface area contributed by atoms with Crippen LogP contribution in [0.1, 0.15) is 0 Å². The minimum absolute atomic E-state index is 0.866. The van der Waals surface area contributed by atoms with Crippen molar-refractivity contribution in [3.63, 3.8) is 0 Å². The SMILES string of the molecule is c1ccc(-n2c3ccccc3c3cccc(N(c4cccc5ccc6c7ccccc7ccc6c45)c4cccc5oc6ccccc6c45)c32)cc1. The summed E-state index contributed by atoms with van der Waals surface area (Å²) in [5.74, 6) is 0. The second-order valence-corrected chi connectivity index (χ2v) is 13.3. The topological polar surface area (TPSA) is 21.3 Å². The van der Waals surface area contributed by atoms with Gasteiger partial charge in [0.05, 0.1) is 33.5 Å². The van der Waals surface area contributed by atoms with Crippen LogP contribution >= 0.6 is 0 Å². The maximum Gasteiger partial charge on any atom is 0.137 e. The van der Waals surface area contributed by atoms with Gasteiger partial charge in [0.2, 0.25) is 0 Å². The molecule has 0 aliphatic rings. The summed E-state index contributed by atoms with van der Waals surface area (Å²) in [6.45, 7) is 0. The zero-order valence-corrected chi connectivity index (χ0v) is 27.6. The standard InChI is InChI=1S/C48H30N2O/c1-2-15-33(16-3-1)49-40-21-8-6-18-36(40)38-20-11-24-43(48(38)49)50(42-23-12-26-45-47(42)39-19-7-9-25-44(39)51-45)41-22-10-14-32-28-29-35-34-17-5-4-13-31(34)27-30-37(35)46(32)41/h1-30H. The van der Waals surface area contributed by atoms with E-state index in [1.54, 1.807) is 0 Å². The van der Waals surface area contributed by atoms with Crippen LogP contribution < -0.4 is 4.90 Å². The molecule has 11 rings (SSSR count). The van der Waals surface area contributed by atoms with Gasteiger partial charge in [-0.2, -0.15) is 0 Å². The van der Waals surface area contributed by atoms with Gasteiger partial charge in [0.15, 0.2) is 0 Å². The summed E-state index contributed by atoms with van der Waals surface area (Å²) in [7, 11) is 0. The Morgan fingerprint density at radius 3 is 1.86 bits per heavy atom. The number of furan rings is 1. The van der Waals surface area contributed by atoms with E-state index < -0.39 is 0 Å². The van der Waals surface area contributed by atoms with Crippen LogP contribution in [0.3, 0.4) is 0 Å². The minimum atomic E-state index is 0.866. The van der Waals surface area contributed by atoms with E-state index >= 15 is 0 Å². The molecule has 0 N–H and O–H groups in total. The Hall–Kier alpha value is -6.84. The molecule has 0 unspecified atom stereocenters. The highest BCUT2D eigenvalue weighted by atomic mass is 16.3. The molecule has 3 heteroatoms. The zero-order chi connectivity index (χ0) is 33.5. The lowest BCUT2D eigenvalue weighted by Crippen LogP contribution is -2.12. The van der Waals surface area contributed by atoms with E-state index in [9.17, 15) is 0 Å². The summed E-state index contributed by atoms with van der Waals surface area (Å²) in [6, 6.07) is 65.6. The lowest BCUT2D eigenvalue weighted by Gasteiger charge is -2.29. The van der Waals surface area contributed by atoms with Crippen LogP contribution in [-0.2, 0) is 0 Å². The van der Waals surface area contributed by atoms with E-state index in [-0.39, 0.29) is 0 Å². The monoisotopic (exact) mass is 650 g/mol. The van der Waals surface area contributed by atoms with Gasteiger partial charge in [0, 0.05) is 27.2 Å². The number of hydrogen-bond donors (Lipinski definition) is 0. The Labute approximate surface area is 293 Å². The first-order valence-electron chi connectivity index (χ1n) is 17.4. The quantitative estimate of drug-likeness (QED) is 0.177. The Kier molecular flexibility index (Phi) is 5.96. The van der Waals surface area contributed by atoms with Crippen molar-refractivity contribution in [1.82, 2.24) is 4.57 Å². The average Bonchev–Trinajstić information content (AvgIpc) is 3.75. The van der Waals surface area contributed by atoms with Gasteiger partial charge in [-0.3, -0.25) is 0 Å². The second-order valence-electron chi connectivity index (χ2n) is 13.3. The Morgan fingerprint density at radius 2 is 0.961 bits per heavy atom. The lowest BCUT2D eigenvalue weighted by molar-refractivity contribution is 0.669. The number of benzene rings is 9. The van der Waals surface area contributed by atoms with Crippen molar-refractivity contribution in [3.8, 4) is 5.69 Å². The molecule has 0 atom stereocenters. The fourth-order valence-corrected chi connectivity index (χ4v) is 8.40.